The average Bonchev–Trinajstić information content (AvgIpc) is 3.27. The summed E-state index contributed by atoms with van der Waals surface area (Å²) in [6, 6.07) is 19.6. The molecular weight excluding hydrogens is 810 g/mol. The Hall–Kier alpha value is -5.56. The number of piperazine rings is 1. The lowest BCUT2D eigenvalue weighted by atomic mass is 9.49. The summed E-state index contributed by atoms with van der Waals surface area (Å²) in [6.07, 6.45) is 3.10. The van der Waals surface area contributed by atoms with Crippen molar-refractivity contribution in [2.45, 2.75) is 84.1 Å². The van der Waals surface area contributed by atoms with Crippen molar-refractivity contribution in [1.29, 1.82) is 5.26 Å². The van der Waals surface area contributed by atoms with Crippen LogP contribution >= 0.6 is 11.6 Å². The number of nitriles is 1. The highest BCUT2D eigenvalue weighted by molar-refractivity contribution is 6.31. The van der Waals surface area contributed by atoms with Gasteiger partial charge in [-0.25, -0.2) is 0 Å². The molecule has 62 heavy (non-hydrogen) atoms. The number of piperidine rings is 2. The number of hydrogen-bond acceptors (Lipinski definition) is 12. The number of rotatable bonds is 12. The van der Waals surface area contributed by atoms with Gasteiger partial charge in [0.1, 0.15) is 29.5 Å². The lowest BCUT2D eigenvalue weighted by molar-refractivity contribution is -0.164. The van der Waals surface area contributed by atoms with Crippen molar-refractivity contribution >= 4 is 51.6 Å². The van der Waals surface area contributed by atoms with Gasteiger partial charge in [-0.3, -0.25) is 29.4 Å². The van der Waals surface area contributed by atoms with E-state index in [9.17, 15) is 24.4 Å². The van der Waals surface area contributed by atoms with E-state index in [4.69, 9.17) is 21.1 Å². The van der Waals surface area contributed by atoms with Gasteiger partial charge in [-0.15, -0.1) is 5.10 Å². The molecule has 16 heteroatoms. The smallest absolute Gasteiger partial charge is 0.278 e. The molecule has 15 nitrogen and oxygen atoms in total. The van der Waals surface area contributed by atoms with E-state index in [0.29, 0.717) is 39.4 Å². The Morgan fingerprint density at radius 2 is 1.60 bits per heavy atom. The number of nitrogens with one attached hydrogen (secondary N) is 2. The Morgan fingerprint density at radius 1 is 0.903 bits per heavy atom. The first kappa shape index (κ1) is 43.1. The zero-order valence-electron chi connectivity index (χ0n) is 35.7. The van der Waals surface area contributed by atoms with Crippen molar-refractivity contribution in [3.05, 3.63) is 87.2 Å². The summed E-state index contributed by atoms with van der Waals surface area (Å²) in [5, 5.41) is 23.7. The average molecular weight is 864 g/mol. The van der Waals surface area contributed by atoms with E-state index in [-0.39, 0.29) is 53.7 Å². The van der Waals surface area contributed by atoms with Crippen LogP contribution in [0.3, 0.4) is 0 Å². The van der Waals surface area contributed by atoms with Crippen molar-refractivity contribution in [2.24, 2.45) is 10.8 Å². The van der Waals surface area contributed by atoms with E-state index in [0.717, 1.165) is 81.1 Å². The van der Waals surface area contributed by atoms with Gasteiger partial charge in [-0.1, -0.05) is 44.5 Å². The molecule has 4 heterocycles. The van der Waals surface area contributed by atoms with Crippen LogP contribution in [0.2, 0.25) is 5.02 Å². The summed E-state index contributed by atoms with van der Waals surface area (Å²) in [5.41, 5.74) is 2.43. The number of halogens is 1. The fraction of sp³-hybridized carbons (Fsp3) is 0.500. The van der Waals surface area contributed by atoms with Gasteiger partial charge < -0.3 is 24.6 Å². The molecule has 4 fully saturated rings. The number of anilines is 2. The van der Waals surface area contributed by atoms with Crippen molar-refractivity contribution in [3.8, 4) is 11.8 Å². The first-order valence-electron chi connectivity index (χ1n) is 21.6. The van der Waals surface area contributed by atoms with E-state index in [1.54, 1.807) is 24.3 Å². The monoisotopic (exact) mass is 863 g/mol. The number of amides is 3. The fourth-order valence-corrected chi connectivity index (χ4v) is 10.3. The molecule has 3 aliphatic heterocycles. The van der Waals surface area contributed by atoms with Crippen LogP contribution < -0.4 is 30.7 Å². The van der Waals surface area contributed by atoms with Gasteiger partial charge in [-0.05, 0) is 80.3 Å². The lowest BCUT2D eigenvalue weighted by Crippen LogP contribution is -2.74. The molecule has 1 aliphatic carbocycles. The van der Waals surface area contributed by atoms with Gasteiger partial charge in [-0.2, -0.15) is 9.94 Å². The third-order valence-electron chi connectivity index (χ3n) is 13.2. The molecule has 1 atom stereocenters. The highest BCUT2D eigenvalue weighted by Crippen LogP contribution is 2.55. The van der Waals surface area contributed by atoms with Crippen molar-refractivity contribution in [1.82, 2.24) is 30.5 Å². The minimum absolute atomic E-state index is 0.109. The summed E-state index contributed by atoms with van der Waals surface area (Å²) >= 11 is 6.25. The molecular formula is C46H54ClN9O6. The Bertz CT molecular complexity index is 2420. The largest absolute Gasteiger partial charge is 0.489 e. The summed E-state index contributed by atoms with van der Waals surface area (Å²) in [6.45, 7) is 15.4. The second-order valence-electron chi connectivity index (χ2n) is 18.1. The second kappa shape index (κ2) is 17.7. The maximum absolute atomic E-state index is 13.5. The number of carbonyl (C=O) groups excluding carboxylic acids is 3. The van der Waals surface area contributed by atoms with E-state index in [2.05, 4.69) is 69.4 Å². The maximum Gasteiger partial charge on any atom is 0.278 e. The number of imide groups is 1. The van der Waals surface area contributed by atoms with Crippen LogP contribution in [0.4, 0.5) is 11.4 Å². The summed E-state index contributed by atoms with van der Waals surface area (Å²) in [4.78, 5) is 58.0. The quantitative estimate of drug-likeness (QED) is 0.143. The van der Waals surface area contributed by atoms with Gasteiger partial charge in [0.2, 0.25) is 5.91 Å². The Labute approximate surface area is 366 Å². The molecule has 1 aromatic heterocycles. The molecule has 0 spiro atoms. The molecule has 4 aliphatic rings. The predicted octanol–water partition coefficient (Wildman–Crippen LogP) is 5.10. The predicted molar refractivity (Wildman–Crippen MR) is 236 cm³/mol. The summed E-state index contributed by atoms with van der Waals surface area (Å²) < 4.78 is 13.8. The maximum atomic E-state index is 13.5. The van der Waals surface area contributed by atoms with E-state index in [1.807, 2.05) is 36.4 Å². The Balaban J connectivity index is 0.744. The molecule has 1 unspecified atom stereocenters. The minimum Gasteiger partial charge on any atom is -0.489 e. The van der Waals surface area contributed by atoms with Gasteiger partial charge in [0, 0.05) is 98.7 Å². The first-order valence-corrected chi connectivity index (χ1v) is 21.9. The normalized spacial score (nSPS) is 22.7. The molecule has 3 saturated heterocycles. The number of aromatic nitrogens is 3. The molecule has 4 aromatic rings. The molecule has 326 valence electrons. The second-order valence-corrected chi connectivity index (χ2v) is 18.5. The Kier molecular flexibility index (Phi) is 12.3. The zero-order valence-corrected chi connectivity index (χ0v) is 36.5. The highest BCUT2D eigenvalue weighted by atomic mass is 35.5. The van der Waals surface area contributed by atoms with Crippen LogP contribution in [0, 0.1) is 22.2 Å². The summed E-state index contributed by atoms with van der Waals surface area (Å²) in [7, 11) is 0. The SMILES string of the molecule is CC1(C)C(NC(=O)c2ccc(N3CCN(CCCOC4CCN(c5ccc6nnn(C7CCC(=O)NC7=O)c(=O)c6c5)CC4)CC3)cc2)C(C)(C)C1Oc1ccc(C#N)c(Cl)c1. The van der Waals surface area contributed by atoms with E-state index >= 15 is 0 Å². The number of benzene rings is 3. The van der Waals surface area contributed by atoms with E-state index in [1.165, 1.54) is 0 Å². The number of nitrogens with zero attached hydrogens (tertiary/aromatic N) is 7. The minimum atomic E-state index is -0.855. The van der Waals surface area contributed by atoms with Gasteiger partial charge in [0.15, 0.2) is 0 Å². The van der Waals surface area contributed by atoms with Crippen molar-refractivity contribution < 1.29 is 23.9 Å². The molecule has 3 amide bonds. The number of ether oxygens (including phenoxy) is 2. The van der Waals surface area contributed by atoms with Gasteiger partial charge >= 0.3 is 0 Å². The molecule has 8 rings (SSSR count). The molecule has 0 bridgehead atoms. The fourth-order valence-electron chi connectivity index (χ4n) is 10.0. The number of fused-ring (bicyclic) bond motifs is 1. The summed E-state index contributed by atoms with van der Waals surface area (Å²) in [5.74, 6) is -0.388. The third kappa shape index (κ3) is 8.73. The standard InChI is InChI=1S/C46H54ClN9O6/c1-45(2)43(46(3,4)44(45)62-34-12-8-30(28-48)36(47)27-34)50-40(58)29-6-9-31(10-7-29)55-23-21-53(22-24-55)18-5-25-61-33-16-19-54(20-17-33)32-11-13-37-35(26-32)42(60)56(52-51-37)38-14-15-39(57)49-41(38)59/h6-13,26-27,33,38,43-44H,5,14-25H2,1-4H3,(H,50,58)(H,49,57,59). The van der Waals surface area contributed by atoms with Gasteiger partial charge in [0.05, 0.1) is 22.1 Å². The molecule has 1 saturated carbocycles. The van der Waals surface area contributed by atoms with Crippen molar-refractivity contribution in [2.75, 3.05) is 62.2 Å². The van der Waals surface area contributed by atoms with Gasteiger partial charge in [0.25, 0.3) is 17.4 Å². The van der Waals surface area contributed by atoms with E-state index < -0.39 is 17.5 Å². The van der Waals surface area contributed by atoms with Crippen LogP contribution in [0.25, 0.3) is 10.9 Å². The first-order chi connectivity index (χ1) is 29.7. The third-order valence-corrected chi connectivity index (χ3v) is 13.6. The van der Waals surface area contributed by atoms with Crippen LogP contribution in [-0.4, -0.2) is 108 Å². The lowest BCUT2D eigenvalue weighted by Gasteiger charge is -2.63. The zero-order chi connectivity index (χ0) is 43.8. The van der Waals surface area contributed by atoms with Crippen molar-refractivity contribution in [3.63, 3.8) is 0 Å². The van der Waals surface area contributed by atoms with Crippen LogP contribution in [-0.2, 0) is 14.3 Å². The highest BCUT2D eigenvalue weighted by Gasteiger charge is 2.64. The number of carbonyl (C=O) groups is 3. The molecule has 2 N–H and O–H groups in total. The van der Waals surface area contributed by atoms with Crippen LogP contribution in [0.5, 0.6) is 5.75 Å². The topological polar surface area (TPSA) is 175 Å². The van der Waals surface area contributed by atoms with Crippen LogP contribution in [0.15, 0.2) is 65.5 Å². The molecule has 0 radical (unpaired) electrons. The molecule has 3 aromatic carbocycles. The number of hydrogen-bond donors (Lipinski definition) is 2. The van der Waals surface area contributed by atoms with Crippen LogP contribution in [0.1, 0.15) is 81.8 Å². The Morgan fingerprint density at radius 3 is 2.27 bits per heavy atom.